The maximum Gasteiger partial charge on any atom is 0.308 e. The molecule has 0 saturated heterocycles. The van der Waals surface area contributed by atoms with Crippen LogP contribution in [-0.4, -0.2) is 22.1 Å². The summed E-state index contributed by atoms with van der Waals surface area (Å²) in [5.74, 6) is 1.82. The van der Waals surface area contributed by atoms with Crippen LogP contribution in [0.5, 0.6) is 0 Å². The average molecular weight is 294 g/mol. The third kappa shape index (κ3) is 2.68. The summed E-state index contributed by atoms with van der Waals surface area (Å²) in [4.78, 5) is 16.1. The zero-order valence-electron chi connectivity index (χ0n) is 12.1. The SMILES string of the molecule is Cc1nc(NC(C)C2CC3CCC2C3)sc1CC(=O)O. The molecule has 0 amide bonds. The molecule has 2 aliphatic carbocycles. The number of hydrogen-bond acceptors (Lipinski definition) is 4. The molecule has 5 heteroatoms. The molecular formula is C15H22N2O2S. The zero-order chi connectivity index (χ0) is 14.3. The number of thiazole rings is 1. The molecule has 0 aromatic carbocycles. The highest BCUT2D eigenvalue weighted by Crippen LogP contribution is 2.49. The lowest BCUT2D eigenvalue weighted by Crippen LogP contribution is -2.29. The van der Waals surface area contributed by atoms with Gasteiger partial charge in [-0.3, -0.25) is 4.79 Å². The monoisotopic (exact) mass is 294 g/mol. The molecule has 1 heterocycles. The van der Waals surface area contributed by atoms with Gasteiger partial charge in [0.1, 0.15) is 0 Å². The summed E-state index contributed by atoms with van der Waals surface area (Å²) < 4.78 is 0. The van der Waals surface area contributed by atoms with E-state index in [1.165, 1.54) is 37.0 Å². The first-order valence-corrected chi connectivity index (χ1v) is 8.29. The highest BCUT2D eigenvalue weighted by Gasteiger charge is 2.41. The molecule has 4 atom stereocenters. The maximum atomic E-state index is 10.8. The van der Waals surface area contributed by atoms with E-state index >= 15 is 0 Å². The van der Waals surface area contributed by atoms with Crippen molar-refractivity contribution in [1.82, 2.24) is 4.98 Å². The van der Waals surface area contributed by atoms with Crippen LogP contribution in [0.25, 0.3) is 0 Å². The molecule has 1 aromatic rings. The van der Waals surface area contributed by atoms with Gasteiger partial charge in [-0.15, -0.1) is 11.3 Å². The lowest BCUT2D eigenvalue weighted by atomic mass is 9.84. The van der Waals surface area contributed by atoms with Crippen LogP contribution in [0.1, 0.15) is 43.2 Å². The Hall–Kier alpha value is -1.10. The summed E-state index contributed by atoms with van der Waals surface area (Å²) in [5, 5.41) is 13.3. The first-order valence-electron chi connectivity index (χ1n) is 7.47. The van der Waals surface area contributed by atoms with Gasteiger partial charge in [-0.1, -0.05) is 6.42 Å². The van der Waals surface area contributed by atoms with E-state index in [0.29, 0.717) is 6.04 Å². The van der Waals surface area contributed by atoms with E-state index in [9.17, 15) is 4.79 Å². The fourth-order valence-electron chi connectivity index (χ4n) is 4.00. The number of fused-ring (bicyclic) bond motifs is 2. The minimum atomic E-state index is -0.788. The second-order valence-electron chi connectivity index (χ2n) is 6.37. The molecule has 2 N–H and O–H groups in total. The van der Waals surface area contributed by atoms with E-state index in [1.54, 1.807) is 0 Å². The predicted octanol–water partition coefficient (Wildman–Crippen LogP) is 3.32. The van der Waals surface area contributed by atoms with Crippen molar-refractivity contribution in [2.75, 3.05) is 5.32 Å². The topological polar surface area (TPSA) is 62.2 Å². The van der Waals surface area contributed by atoms with Gasteiger partial charge in [-0.2, -0.15) is 0 Å². The van der Waals surface area contributed by atoms with Crippen LogP contribution < -0.4 is 5.32 Å². The van der Waals surface area contributed by atoms with Crippen LogP contribution in [0.3, 0.4) is 0 Å². The fraction of sp³-hybridized carbons (Fsp3) is 0.733. The van der Waals surface area contributed by atoms with E-state index in [-0.39, 0.29) is 6.42 Å². The minimum Gasteiger partial charge on any atom is -0.481 e. The number of aliphatic carboxylic acids is 1. The predicted molar refractivity (Wildman–Crippen MR) is 80.2 cm³/mol. The molecule has 110 valence electrons. The Morgan fingerprint density at radius 3 is 2.90 bits per heavy atom. The Morgan fingerprint density at radius 1 is 1.50 bits per heavy atom. The van der Waals surface area contributed by atoms with E-state index in [1.807, 2.05) is 6.92 Å². The summed E-state index contributed by atoms with van der Waals surface area (Å²) >= 11 is 1.49. The number of aryl methyl sites for hydroxylation is 1. The van der Waals surface area contributed by atoms with Crippen LogP contribution in [0.2, 0.25) is 0 Å². The molecule has 0 spiro atoms. The Labute approximate surface area is 123 Å². The lowest BCUT2D eigenvalue weighted by molar-refractivity contribution is -0.136. The van der Waals surface area contributed by atoms with Crippen LogP contribution in [0.4, 0.5) is 5.13 Å². The average Bonchev–Trinajstić information content (AvgIpc) is 3.05. The smallest absolute Gasteiger partial charge is 0.308 e. The number of nitrogens with one attached hydrogen (secondary N) is 1. The Kier molecular flexibility index (Phi) is 3.71. The van der Waals surface area contributed by atoms with Crippen molar-refractivity contribution >= 4 is 22.4 Å². The van der Waals surface area contributed by atoms with Crippen molar-refractivity contribution in [1.29, 1.82) is 0 Å². The molecule has 2 bridgehead atoms. The van der Waals surface area contributed by atoms with Crippen molar-refractivity contribution in [3.05, 3.63) is 10.6 Å². The highest BCUT2D eigenvalue weighted by molar-refractivity contribution is 7.15. The molecule has 0 aliphatic heterocycles. The summed E-state index contributed by atoms with van der Waals surface area (Å²) in [5.41, 5.74) is 0.847. The Morgan fingerprint density at radius 2 is 2.30 bits per heavy atom. The van der Waals surface area contributed by atoms with Gasteiger partial charge in [-0.05, 0) is 50.9 Å². The number of hydrogen-bond donors (Lipinski definition) is 2. The first-order chi connectivity index (χ1) is 9.52. The molecule has 4 unspecified atom stereocenters. The van der Waals surface area contributed by atoms with Gasteiger partial charge in [0, 0.05) is 10.9 Å². The van der Waals surface area contributed by atoms with Crippen LogP contribution in [-0.2, 0) is 11.2 Å². The van der Waals surface area contributed by atoms with Crippen molar-refractivity contribution in [2.45, 2.75) is 52.0 Å². The van der Waals surface area contributed by atoms with Gasteiger partial charge in [0.2, 0.25) is 0 Å². The number of rotatable bonds is 5. The summed E-state index contributed by atoms with van der Waals surface area (Å²) in [6.45, 7) is 4.14. The second kappa shape index (κ2) is 5.35. The molecular weight excluding hydrogens is 272 g/mol. The van der Waals surface area contributed by atoms with Gasteiger partial charge < -0.3 is 10.4 Å². The largest absolute Gasteiger partial charge is 0.481 e. The summed E-state index contributed by atoms with van der Waals surface area (Å²) in [6.07, 6.45) is 5.66. The van der Waals surface area contributed by atoms with Gasteiger partial charge in [-0.25, -0.2) is 4.98 Å². The molecule has 3 rings (SSSR count). The highest BCUT2D eigenvalue weighted by atomic mass is 32.1. The van der Waals surface area contributed by atoms with Crippen molar-refractivity contribution < 1.29 is 9.90 Å². The molecule has 0 radical (unpaired) electrons. The second-order valence-corrected chi connectivity index (χ2v) is 7.45. The van der Waals surface area contributed by atoms with Gasteiger partial charge in [0.25, 0.3) is 0 Å². The zero-order valence-corrected chi connectivity index (χ0v) is 12.9. The summed E-state index contributed by atoms with van der Waals surface area (Å²) in [7, 11) is 0. The lowest BCUT2D eigenvalue weighted by Gasteiger charge is -2.28. The quantitative estimate of drug-likeness (QED) is 0.874. The standard InChI is InChI=1S/C15H22N2O2S/c1-8(12-6-10-3-4-11(12)5-10)16-15-17-9(2)13(20-15)7-14(18)19/h8,10-12H,3-7H2,1-2H3,(H,16,17)(H,18,19). The Bertz CT molecular complexity index is 514. The van der Waals surface area contributed by atoms with Gasteiger partial charge in [0.15, 0.2) is 5.13 Å². The molecule has 2 fully saturated rings. The van der Waals surface area contributed by atoms with Crippen LogP contribution in [0, 0.1) is 24.7 Å². The Balaban J connectivity index is 1.64. The number of aromatic nitrogens is 1. The molecule has 4 nitrogen and oxygen atoms in total. The van der Waals surface area contributed by atoms with Crippen molar-refractivity contribution in [2.24, 2.45) is 17.8 Å². The minimum absolute atomic E-state index is 0.0771. The third-order valence-electron chi connectivity index (χ3n) is 4.99. The van der Waals surface area contributed by atoms with E-state index in [0.717, 1.165) is 33.5 Å². The van der Waals surface area contributed by atoms with E-state index < -0.39 is 5.97 Å². The molecule has 1 aromatic heterocycles. The molecule has 2 aliphatic rings. The number of carbonyl (C=O) groups is 1. The molecule has 2 saturated carbocycles. The van der Waals surface area contributed by atoms with Crippen LogP contribution in [0.15, 0.2) is 0 Å². The number of carboxylic acid groups (broad SMARTS) is 1. The van der Waals surface area contributed by atoms with E-state index in [4.69, 9.17) is 5.11 Å². The fourth-order valence-corrected chi connectivity index (χ4v) is 5.05. The van der Waals surface area contributed by atoms with E-state index in [2.05, 4.69) is 17.2 Å². The number of anilines is 1. The normalized spacial score (nSPS) is 29.6. The van der Waals surface area contributed by atoms with Gasteiger partial charge in [0.05, 0.1) is 12.1 Å². The maximum absolute atomic E-state index is 10.8. The van der Waals surface area contributed by atoms with Crippen molar-refractivity contribution in [3.63, 3.8) is 0 Å². The first kappa shape index (κ1) is 13.9. The van der Waals surface area contributed by atoms with Crippen LogP contribution >= 0.6 is 11.3 Å². The number of carboxylic acids is 1. The molecule has 20 heavy (non-hydrogen) atoms. The summed E-state index contributed by atoms with van der Waals surface area (Å²) in [6, 6.07) is 0.438. The third-order valence-corrected chi connectivity index (χ3v) is 6.08. The number of nitrogens with zero attached hydrogens (tertiary/aromatic N) is 1. The van der Waals surface area contributed by atoms with Crippen molar-refractivity contribution in [3.8, 4) is 0 Å². The van der Waals surface area contributed by atoms with Gasteiger partial charge >= 0.3 is 5.97 Å².